The van der Waals surface area contributed by atoms with E-state index in [2.05, 4.69) is 5.32 Å². The van der Waals surface area contributed by atoms with Crippen molar-refractivity contribution in [2.75, 3.05) is 13.2 Å². The number of hydrogen-bond acceptors (Lipinski definition) is 4. The Kier molecular flexibility index (Phi) is 4.14. The molecule has 1 atom stereocenters. The largest absolute Gasteiger partial charge is 0.486 e. The number of benzene rings is 2. The normalized spacial score (nSPS) is 13.9. The quantitative estimate of drug-likeness (QED) is 0.902. The van der Waals surface area contributed by atoms with E-state index in [1.165, 1.54) is 0 Å². The van der Waals surface area contributed by atoms with E-state index in [0.717, 1.165) is 0 Å². The fourth-order valence-electron chi connectivity index (χ4n) is 2.33. The van der Waals surface area contributed by atoms with Crippen molar-refractivity contribution in [2.45, 2.75) is 6.04 Å². The summed E-state index contributed by atoms with van der Waals surface area (Å²) in [6.07, 6.45) is 0. The second-order valence-electron chi connectivity index (χ2n) is 5.01. The summed E-state index contributed by atoms with van der Waals surface area (Å²) in [5.74, 6) is -0.554. The lowest BCUT2D eigenvalue weighted by molar-refractivity contribution is -0.139. The first-order valence-electron chi connectivity index (χ1n) is 7.13. The van der Waals surface area contributed by atoms with Crippen LogP contribution in [0.3, 0.4) is 0 Å². The molecule has 0 saturated heterocycles. The Labute approximate surface area is 132 Å². The lowest BCUT2D eigenvalue weighted by atomic mass is 10.1. The number of carbonyl (C=O) groups excluding carboxylic acids is 1. The zero-order valence-corrected chi connectivity index (χ0v) is 12.2. The SMILES string of the molecule is O=C(NC(C(=O)O)c1ccccc1)c1ccc2c(c1)OCCO2. The predicted molar refractivity (Wildman–Crippen MR) is 81.7 cm³/mol. The first kappa shape index (κ1) is 14.9. The molecule has 1 aliphatic heterocycles. The molecule has 6 heteroatoms. The number of carbonyl (C=O) groups is 2. The van der Waals surface area contributed by atoms with Gasteiger partial charge in [0.1, 0.15) is 13.2 Å². The smallest absolute Gasteiger partial charge is 0.330 e. The van der Waals surface area contributed by atoms with Gasteiger partial charge in [-0.15, -0.1) is 0 Å². The fraction of sp³-hybridized carbons (Fsp3) is 0.176. The molecular weight excluding hydrogens is 298 g/mol. The number of carboxylic acids is 1. The van der Waals surface area contributed by atoms with Crippen molar-refractivity contribution < 1.29 is 24.2 Å². The lowest BCUT2D eigenvalue weighted by Crippen LogP contribution is -2.33. The molecule has 1 unspecified atom stereocenters. The molecule has 2 aromatic carbocycles. The first-order chi connectivity index (χ1) is 11.1. The second-order valence-corrected chi connectivity index (χ2v) is 5.01. The van der Waals surface area contributed by atoms with E-state index < -0.39 is 17.9 Å². The van der Waals surface area contributed by atoms with Crippen LogP contribution in [0.1, 0.15) is 22.0 Å². The van der Waals surface area contributed by atoms with E-state index in [9.17, 15) is 14.7 Å². The van der Waals surface area contributed by atoms with Gasteiger partial charge in [-0.05, 0) is 23.8 Å². The van der Waals surface area contributed by atoms with Crippen LogP contribution in [0.2, 0.25) is 0 Å². The number of carboxylic acid groups (broad SMARTS) is 1. The van der Waals surface area contributed by atoms with Crippen molar-refractivity contribution in [1.29, 1.82) is 0 Å². The molecule has 2 N–H and O–H groups in total. The summed E-state index contributed by atoms with van der Waals surface area (Å²) in [5, 5.41) is 11.9. The summed E-state index contributed by atoms with van der Waals surface area (Å²) in [6.45, 7) is 0.882. The van der Waals surface area contributed by atoms with Crippen LogP contribution in [-0.4, -0.2) is 30.2 Å². The summed E-state index contributed by atoms with van der Waals surface area (Å²) < 4.78 is 10.8. The number of rotatable bonds is 4. The van der Waals surface area contributed by atoms with Crippen LogP contribution < -0.4 is 14.8 Å². The highest BCUT2D eigenvalue weighted by Gasteiger charge is 2.23. The third kappa shape index (κ3) is 3.26. The molecule has 23 heavy (non-hydrogen) atoms. The molecule has 0 spiro atoms. The van der Waals surface area contributed by atoms with Gasteiger partial charge in [-0.2, -0.15) is 0 Å². The van der Waals surface area contributed by atoms with Crippen LogP contribution >= 0.6 is 0 Å². The molecule has 2 aromatic rings. The van der Waals surface area contributed by atoms with E-state index in [1.807, 2.05) is 0 Å². The fourth-order valence-corrected chi connectivity index (χ4v) is 2.33. The average molecular weight is 313 g/mol. The van der Waals surface area contributed by atoms with Crippen molar-refractivity contribution in [3.8, 4) is 11.5 Å². The van der Waals surface area contributed by atoms with Gasteiger partial charge in [-0.25, -0.2) is 4.79 Å². The minimum atomic E-state index is -1.12. The van der Waals surface area contributed by atoms with Gasteiger partial charge in [-0.3, -0.25) is 4.79 Å². The summed E-state index contributed by atoms with van der Waals surface area (Å²) in [7, 11) is 0. The topological polar surface area (TPSA) is 84.9 Å². The molecule has 0 fully saturated rings. The Bertz CT molecular complexity index is 729. The first-order valence-corrected chi connectivity index (χ1v) is 7.13. The van der Waals surface area contributed by atoms with E-state index in [1.54, 1.807) is 48.5 Å². The minimum absolute atomic E-state index is 0.316. The van der Waals surface area contributed by atoms with Crippen LogP contribution in [0.15, 0.2) is 48.5 Å². The molecule has 1 heterocycles. The third-order valence-electron chi connectivity index (χ3n) is 3.46. The highest BCUT2D eigenvalue weighted by Crippen LogP contribution is 2.30. The molecule has 0 bridgehead atoms. The monoisotopic (exact) mass is 313 g/mol. The Balaban J connectivity index is 1.81. The molecule has 0 aliphatic carbocycles. The molecule has 1 aliphatic rings. The summed E-state index contributed by atoms with van der Waals surface area (Å²) in [4.78, 5) is 23.8. The molecular formula is C17H15NO5. The van der Waals surface area contributed by atoms with Crippen molar-refractivity contribution >= 4 is 11.9 Å². The molecule has 118 valence electrons. The van der Waals surface area contributed by atoms with Crippen LogP contribution in [0, 0.1) is 0 Å². The third-order valence-corrected chi connectivity index (χ3v) is 3.46. The molecule has 0 aromatic heterocycles. The highest BCUT2D eigenvalue weighted by atomic mass is 16.6. The molecule has 3 rings (SSSR count). The predicted octanol–water partition coefficient (Wildman–Crippen LogP) is 2.01. The van der Waals surface area contributed by atoms with E-state index >= 15 is 0 Å². The highest BCUT2D eigenvalue weighted by molar-refractivity contribution is 5.97. The lowest BCUT2D eigenvalue weighted by Gasteiger charge is -2.19. The van der Waals surface area contributed by atoms with Gasteiger partial charge in [0.05, 0.1) is 0 Å². The standard InChI is InChI=1S/C17H15NO5/c19-16(12-6-7-13-14(10-12)23-9-8-22-13)18-15(17(20)21)11-4-2-1-3-5-11/h1-7,10,15H,8-9H2,(H,18,19)(H,20,21). The van der Waals surface area contributed by atoms with E-state index in [0.29, 0.717) is 35.8 Å². The number of fused-ring (bicyclic) bond motifs is 1. The maximum atomic E-state index is 12.3. The van der Waals surface area contributed by atoms with E-state index in [4.69, 9.17) is 9.47 Å². The zero-order chi connectivity index (χ0) is 16.2. The van der Waals surface area contributed by atoms with Crippen LogP contribution in [0.25, 0.3) is 0 Å². The Morgan fingerprint density at radius 3 is 2.39 bits per heavy atom. The van der Waals surface area contributed by atoms with Crippen LogP contribution in [0.5, 0.6) is 11.5 Å². The van der Waals surface area contributed by atoms with Gasteiger partial charge in [-0.1, -0.05) is 30.3 Å². The van der Waals surface area contributed by atoms with Crippen LogP contribution in [0.4, 0.5) is 0 Å². The Morgan fingerprint density at radius 1 is 1.00 bits per heavy atom. The maximum Gasteiger partial charge on any atom is 0.330 e. The van der Waals surface area contributed by atoms with Gasteiger partial charge < -0.3 is 19.9 Å². The van der Waals surface area contributed by atoms with Crippen molar-refractivity contribution in [2.24, 2.45) is 0 Å². The number of ether oxygens (including phenoxy) is 2. The maximum absolute atomic E-state index is 12.3. The van der Waals surface area contributed by atoms with Gasteiger partial charge in [0.15, 0.2) is 17.5 Å². The van der Waals surface area contributed by atoms with Crippen molar-refractivity contribution in [1.82, 2.24) is 5.32 Å². The minimum Gasteiger partial charge on any atom is -0.486 e. The van der Waals surface area contributed by atoms with Crippen molar-refractivity contribution in [3.05, 3.63) is 59.7 Å². The zero-order valence-electron chi connectivity index (χ0n) is 12.2. The number of aliphatic carboxylic acids is 1. The number of nitrogens with one attached hydrogen (secondary N) is 1. The molecule has 0 saturated carbocycles. The summed E-state index contributed by atoms with van der Waals surface area (Å²) in [6, 6.07) is 12.2. The Hall–Kier alpha value is -3.02. The number of hydrogen-bond donors (Lipinski definition) is 2. The second kappa shape index (κ2) is 6.39. The van der Waals surface area contributed by atoms with E-state index in [-0.39, 0.29) is 0 Å². The van der Waals surface area contributed by atoms with Crippen LogP contribution in [-0.2, 0) is 4.79 Å². The molecule has 1 amide bonds. The van der Waals surface area contributed by atoms with Gasteiger partial charge in [0.2, 0.25) is 0 Å². The number of amides is 1. The molecule has 6 nitrogen and oxygen atoms in total. The molecule has 0 radical (unpaired) electrons. The van der Waals surface area contributed by atoms with Crippen molar-refractivity contribution in [3.63, 3.8) is 0 Å². The van der Waals surface area contributed by atoms with Gasteiger partial charge in [0, 0.05) is 5.56 Å². The van der Waals surface area contributed by atoms with Gasteiger partial charge in [0.25, 0.3) is 5.91 Å². The summed E-state index contributed by atoms with van der Waals surface area (Å²) in [5.41, 5.74) is 0.822. The average Bonchev–Trinajstić information content (AvgIpc) is 2.59. The van der Waals surface area contributed by atoms with Gasteiger partial charge >= 0.3 is 5.97 Å². The Morgan fingerprint density at radius 2 is 1.70 bits per heavy atom. The summed E-state index contributed by atoms with van der Waals surface area (Å²) >= 11 is 0.